The Bertz CT molecular complexity index is 3360. The Morgan fingerprint density at radius 3 is 1.57 bits per heavy atom. The lowest BCUT2D eigenvalue weighted by molar-refractivity contribution is -0.137. The molecule has 8 nitrogen and oxygen atoms in total. The minimum absolute atomic E-state index is 0.138. The first-order chi connectivity index (χ1) is 28.3. The van der Waals surface area contributed by atoms with Gasteiger partial charge in [0, 0.05) is 63.0 Å². The number of alkyl halides is 3. The minimum Gasteiger partial charge on any atom is -0.308 e. The molecule has 0 atom stereocenters. The first-order valence-electron chi connectivity index (χ1n) is 18.1. The predicted octanol–water partition coefficient (Wildman–Crippen LogP) is 11.2. The molecule has 274 valence electrons. The molecule has 10 aromatic rings. The van der Waals surface area contributed by atoms with Crippen molar-refractivity contribution in [1.29, 1.82) is 10.5 Å². The lowest BCUT2D eigenvalue weighted by Crippen LogP contribution is -2.08. The van der Waals surface area contributed by atoms with E-state index in [2.05, 4.69) is 26.0 Å². The number of nitriles is 2. The van der Waals surface area contributed by atoms with Crippen LogP contribution in [0, 0.1) is 22.7 Å². The number of nitrogens with zero attached hydrogens (tertiary/aromatic N) is 8. The van der Waals surface area contributed by atoms with E-state index < -0.39 is 11.7 Å². The van der Waals surface area contributed by atoms with Gasteiger partial charge in [-0.05, 0) is 90.5 Å². The highest BCUT2D eigenvalue weighted by molar-refractivity contribution is 6.12. The first-order valence-corrected chi connectivity index (χ1v) is 18.1. The van der Waals surface area contributed by atoms with Crippen LogP contribution >= 0.6 is 0 Å². The van der Waals surface area contributed by atoms with Gasteiger partial charge in [-0.1, -0.05) is 42.5 Å². The number of aromatic nitrogens is 6. The van der Waals surface area contributed by atoms with Gasteiger partial charge in [0.2, 0.25) is 0 Å². The number of benzene rings is 6. The average molecular weight is 759 g/mol. The van der Waals surface area contributed by atoms with Gasteiger partial charge in [-0.3, -0.25) is 0 Å². The van der Waals surface area contributed by atoms with Crippen molar-refractivity contribution in [3.63, 3.8) is 0 Å². The number of hydrogen-bond acceptors (Lipinski definition) is 6. The van der Waals surface area contributed by atoms with E-state index >= 15 is 0 Å². The van der Waals surface area contributed by atoms with Gasteiger partial charge in [-0.2, -0.15) is 23.7 Å². The molecule has 0 aliphatic carbocycles. The van der Waals surface area contributed by atoms with Crippen molar-refractivity contribution >= 4 is 43.6 Å². The van der Waals surface area contributed by atoms with Gasteiger partial charge >= 0.3 is 6.18 Å². The summed E-state index contributed by atoms with van der Waals surface area (Å²) in [6.07, 6.45) is 1.99. The highest BCUT2D eigenvalue weighted by atomic mass is 19.4. The summed E-state index contributed by atoms with van der Waals surface area (Å²) >= 11 is 0. The molecular weight excluding hydrogens is 734 g/mol. The van der Waals surface area contributed by atoms with Gasteiger partial charge in [-0.15, -0.1) is 0 Å². The number of hydrogen-bond donors (Lipinski definition) is 0. The van der Waals surface area contributed by atoms with Gasteiger partial charge in [0.15, 0.2) is 11.6 Å². The Hall–Kier alpha value is -8.15. The fourth-order valence-corrected chi connectivity index (χ4v) is 7.97. The van der Waals surface area contributed by atoms with Crippen molar-refractivity contribution in [1.82, 2.24) is 29.1 Å². The van der Waals surface area contributed by atoms with Gasteiger partial charge in [0.25, 0.3) is 0 Å². The fourth-order valence-electron chi connectivity index (χ4n) is 7.97. The second kappa shape index (κ2) is 13.3. The highest BCUT2D eigenvalue weighted by Gasteiger charge is 2.32. The topological polar surface area (TPSA) is 109 Å². The fraction of sp³-hybridized carbons (Fsp3) is 0.0213. The van der Waals surface area contributed by atoms with Gasteiger partial charge in [0.05, 0.1) is 50.6 Å². The zero-order valence-electron chi connectivity index (χ0n) is 30.1. The summed E-state index contributed by atoms with van der Waals surface area (Å²) in [6, 6.07) is 42.0. The average Bonchev–Trinajstić information content (AvgIpc) is 3.78. The normalized spacial score (nSPS) is 11.7. The Morgan fingerprint density at radius 2 is 1.02 bits per heavy atom. The lowest BCUT2D eigenvalue weighted by atomic mass is 9.95. The molecule has 0 spiro atoms. The predicted molar refractivity (Wildman–Crippen MR) is 217 cm³/mol. The highest BCUT2D eigenvalue weighted by Crippen LogP contribution is 2.44. The van der Waals surface area contributed by atoms with Gasteiger partial charge in [-0.25, -0.2) is 19.9 Å². The molecule has 0 fully saturated rings. The number of halogens is 3. The first kappa shape index (κ1) is 34.3. The Kier molecular flexibility index (Phi) is 7.85. The van der Waals surface area contributed by atoms with Crippen molar-refractivity contribution < 1.29 is 13.2 Å². The van der Waals surface area contributed by atoms with E-state index in [9.17, 15) is 23.7 Å². The molecule has 0 amide bonds. The van der Waals surface area contributed by atoms with Crippen LogP contribution in [-0.4, -0.2) is 29.1 Å². The molecule has 0 N–H and O–H groups in total. The zero-order chi connectivity index (χ0) is 39.5. The second-order valence-corrected chi connectivity index (χ2v) is 13.7. The molecular formula is C47H25F3N8. The SMILES string of the molecule is N#Cc1cc(-c2ccc(-n3c4ccccc4c4cc(-c5ncccn5)ccc43)c(C#N)c2-n2c3ccccc3c3cc(-c4ncccn4)ccc32)cc(C(F)(F)F)c1. The van der Waals surface area contributed by atoms with Crippen LogP contribution in [0.15, 0.2) is 152 Å². The van der Waals surface area contributed by atoms with Crippen molar-refractivity contribution in [2.24, 2.45) is 0 Å². The minimum atomic E-state index is -4.73. The summed E-state index contributed by atoms with van der Waals surface area (Å²) in [7, 11) is 0. The summed E-state index contributed by atoms with van der Waals surface area (Å²) in [6.45, 7) is 0. The standard InChI is InChI=1S/C47H25F3N8/c48-47(49,50)32-22-28(26-51)21-31(23-32)33-13-16-43(57-39-9-3-1-7-34(39)36-24-29(11-14-41(36)57)45-53-17-5-18-54-45)38(27-52)44(33)58-40-10-4-2-8-35(40)37-25-30(12-15-42(37)58)46-55-19-6-20-56-46/h1-25H. The third-order valence-corrected chi connectivity index (χ3v) is 10.4. The Balaban J connectivity index is 1.33. The smallest absolute Gasteiger partial charge is 0.308 e. The van der Waals surface area contributed by atoms with E-state index in [1.807, 2.05) is 100 Å². The largest absolute Gasteiger partial charge is 0.416 e. The summed E-state index contributed by atoms with van der Waals surface area (Å²) in [5, 5.41) is 24.8. The summed E-state index contributed by atoms with van der Waals surface area (Å²) in [5.74, 6) is 1.10. The van der Waals surface area contributed by atoms with Crippen molar-refractivity contribution in [2.75, 3.05) is 0 Å². The van der Waals surface area contributed by atoms with Crippen LogP contribution in [0.4, 0.5) is 13.2 Å². The number of fused-ring (bicyclic) bond motifs is 6. The molecule has 11 heteroatoms. The Morgan fingerprint density at radius 1 is 0.483 bits per heavy atom. The van der Waals surface area contributed by atoms with Crippen LogP contribution in [-0.2, 0) is 6.18 Å². The second-order valence-electron chi connectivity index (χ2n) is 13.7. The Labute approximate surface area is 328 Å². The molecule has 0 aliphatic heterocycles. The van der Waals surface area contributed by atoms with Crippen LogP contribution < -0.4 is 0 Å². The summed E-state index contributed by atoms with van der Waals surface area (Å²) < 4.78 is 47.2. The van der Waals surface area contributed by atoms with Crippen molar-refractivity contribution in [3.8, 4) is 57.4 Å². The van der Waals surface area contributed by atoms with Gasteiger partial charge in [0.1, 0.15) is 11.6 Å². The lowest BCUT2D eigenvalue weighted by Gasteiger charge is -2.20. The van der Waals surface area contributed by atoms with Crippen molar-refractivity contribution in [3.05, 3.63) is 169 Å². The van der Waals surface area contributed by atoms with Gasteiger partial charge < -0.3 is 9.13 Å². The van der Waals surface area contributed by atoms with E-state index in [4.69, 9.17) is 0 Å². The monoisotopic (exact) mass is 758 g/mol. The molecule has 4 aromatic heterocycles. The molecule has 0 saturated carbocycles. The zero-order valence-corrected chi connectivity index (χ0v) is 30.1. The maximum atomic E-state index is 14.4. The van der Waals surface area contributed by atoms with E-state index in [0.29, 0.717) is 34.1 Å². The maximum absolute atomic E-state index is 14.4. The number of para-hydroxylation sites is 2. The summed E-state index contributed by atoms with van der Waals surface area (Å²) in [4.78, 5) is 17.8. The van der Waals surface area contributed by atoms with Crippen LogP contribution in [0.25, 0.3) is 88.9 Å². The molecule has 58 heavy (non-hydrogen) atoms. The third kappa shape index (κ3) is 5.45. The van der Waals surface area contributed by atoms with Crippen LogP contribution in [0.2, 0.25) is 0 Å². The van der Waals surface area contributed by atoms with Crippen molar-refractivity contribution in [2.45, 2.75) is 6.18 Å². The summed E-state index contributed by atoms with van der Waals surface area (Å²) in [5.41, 5.74) is 5.08. The molecule has 4 heterocycles. The van der Waals surface area contributed by atoms with Crippen LogP contribution in [0.3, 0.4) is 0 Å². The molecule has 6 aromatic carbocycles. The quantitative estimate of drug-likeness (QED) is 0.173. The molecule has 0 bridgehead atoms. The third-order valence-electron chi connectivity index (χ3n) is 10.4. The maximum Gasteiger partial charge on any atom is 0.416 e. The molecule has 10 rings (SSSR count). The molecule has 0 aliphatic rings. The van der Waals surface area contributed by atoms with E-state index in [0.717, 1.165) is 61.4 Å². The molecule has 0 radical (unpaired) electrons. The van der Waals surface area contributed by atoms with E-state index in [1.165, 1.54) is 6.07 Å². The van der Waals surface area contributed by atoms with E-state index in [-0.39, 0.29) is 16.7 Å². The van der Waals surface area contributed by atoms with E-state index in [1.54, 1.807) is 49.1 Å². The van der Waals surface area contributed by atoms with Crippen LogP contribution in [0.1, 0.15) is 16.7 Å². The van der Waals surface area contributed by atoms with Crippen LogP contribution in [0.5, 0.6) is 0 Å². The number of rotatable bonds is 5. The molecule has 0 unspecified atom stereocenters. The molecule has 0 saturated heterocycles.